The van der Waals surface area contributed by atoms with Crippen LogP contribution in [0.4, 0.5) is 0 Å². The molecule has 68 valence electrons. The van der Waals surface area contributed by atoms with E-state index in [2.05, 4.69) is 15.9 Å². The van der Waals surface area contributed by atoms with E-state index in [9.17, 15) is 5.11 Å². The Bertz CT molecular complexity index is 362. The molecule has 1 aromatic rings. The second-order valence-corrected chi connectivity index (χ2v) is 3.98. The largest absolute Gasteiger partial charge is 0.386 e. The molecular formula is C10H10BrNO. The molecule has 0 fully saturated rings. The first-order valence-electron chi connectivity index (χ1n) is 4.10. The van der Waals surface area contributed by atoms with Crippen molar-refractivity contribution in [2.24, 2.45) is 5.73 Å². The summed E-state index contributed by atoms with van der Waals surface area (Å²) in [5, 5.41) is 9.76. The van der Waals surface area contributed by atoms with Crippen LogP contribution in [0.25, 0.3) is 6.08 Å². The first-order valence-corrected chi connectivity index (χ1v) is 4.89. The average molecular weight is 240 g/mol. The summed E-state index contributed by atoms with van der Waals surface area (Å²) in [6.07, 6.45) is 3.17. The van der Waals surface area contributed by atoms with Gasteiger partial charge in [0.2, 0.25) is 0 Å². The lowest BCUT2D eigenvalue weighted by Crippen LogP contribution is -2.28. The molecule has 0 radical (unpaired) electrons. The van der Waals surface area contributed by atoms with Crippen LogP contribution >= 0.6 is 15.9 Å². The molecule has 0 bridgehead atoms. The number of benzene rings is 1. The number of aliphatic hydroxyl groups is 1. The fourth-order valence-electron chi connectivity index (χ4n) is 1.51. The number of rotatable bonds is 0. The number of nitrogens with two attached hydrogens (primary N) is 1. The predicted molar refractivity (Wildman–Crippen MR) is 56.1 cm³/mol. The monoisotopic (exact) mass is 239 g/mol. The van der Waals surface area contributed by atoms with Gasteiger partial charge in [0.05, 0.1) is 12.1 Å². The van der Waals surface area contributed by atoms with Crippen molar-refractivity contribution < 1.29 is 5.11 Å². The standard InChI is InChI=1S/C10H10BrNO/c11-8-3-1-2-7-6(8)4-5-9(12)10(7)13/h1-5,9-10,13H,12H2/t9-,10-/m0/s1. The lowest BCUT2D eigenvalue weighted by Gasteiger charge is -2.23. The van der Waals surface area contributed by atoms with E-state index >= 15 is 0 Å². The maximum absolute atomic E-state index is 9.76. The van der Waals surface area contributed by atoms with Crippen LogP contribution in [-0.4, -0.2) is 11.1 Å². The van der Waals surface area contributed by atoms with E-state index in [1.165, 1.54) is 0 Å². The van der Waals surface area contributed by atoms with Gasteiger partial charge >= 0.3 is 0 Å². The molecule has 0 spiro atoms. The molecule has 13 heavy (non-hydrogen) atoms. The normalized spacial score (nSPS) is 25.8. The fourth-order valence-corrected chi connectivity index (χ4v) is 2.02. The highest BCUT2D eigenvalue weighted by Crippen LogP contribution is 2.31. The summed E-state index contributed by atoms with van der Waals surface area (Å²) in [6.45, 7) is 0. The molecule has 0 heterocycles. The number of fused-ring (bicyclic) bond motifs is 1. The van der Waals surface area contributed by atoms with Crippen LogP contribution in [0.2, 0.25) is 0 Å². The molecule has 2 rings (SSSR count). The van der Waals surface area contributed by atoms with Crippen molar-refractivity contribution in [1.82, 2.24) is 0 Å². The summed E-state index contributed by atoms with van der Waals surface area (Å²) in [7, 11) is 0. The van der Waals surface area contributed by atoms with Crippen molar-refractivity contribution in [3.8, 4) is 0 Å². The summed E-state index contributed by atoms with van der Waals surface area (Å²) in [5.41, 5.74) is 7.61. The number of halogens is 1. The Morgan fingerprint density at radius 2 is 2.15 bits per heavy atom. The van der Waals surface area contributed by atoms with Gasteiger partial charge in [0.15, 0.2) is 0 Å². The minimum Gasteiger partial charge on any atom is -0.386 e. The number of hydrogen-bond acceptors (Lipinski definition) is 2. The zero-order valence-corrected chi connectivity index (χ0v) is 8.53. The van der Waals surface area contributed by atoms with Gasteiger partial charge in [0, 0.05) is 4.47 Å². The van der Waals surface area contributed by atoms with Crippen molar-refractivity contribution >= 4 is 22.0 Å². The molecule has 1 aromatic carbocycles. The fraction of sp³-hybridized carbons (Fsp3) is 0.200. The van der Waals surface area contributed by atoms with E-state index in [1.807, 2.05) is 30.4 Å². The molecule has 2 atom stereocenters. The summed E-state index contributed by atoms with van der Waals surface area (Å²) in [4.78, 5) is 0. The number of hydrogen-bond donors (Lipinski definition) is 2. The van der Waals surface area contributed by atoms with Crippen LogP contribution in [0.15, 0.2) is 28.7 Å². The Kier molecular flexibility index (Phi) is 2.24. The lowest BCUT2D eigenvalue weighted by molar-refractivity contribution is 0.161. The van der Waals surface area contributed by atoms with Gasteiger partial charge in [-0.2, -0.15) is 0 Å². The summed E-state index contributed by atoms with van der Waals surface area (Å²) >= 11 is 3.43. The zero-order valence-electron chi connectivity index (χ0n) is 6.94. The van der Waals surface area contributed by atoms with E-state index in [0.717, 1.165) is 15.6 Å². The van der Waals surface area contributed by atoms with Gasteiger partial charge in [-0.25, -0.2) is 0 Å². The van der Waals surface area contributed by atoms with Gasteiger partial charge in [-0.05, 0) is 17.2 Å². The molecule has 0 amide bonds. The molecule has 1 aliphatic carbocycles. The molecule has 0 saturated heterocycles. The Balaban J connectivity index is 2.58. The van der Waals surface area contributed by atoms with Crippen molar-refractivity contribution in [2.75, 3.05) is 0 Å². The average Bonchev–Trinajstić information content (AvgIpc) is 2.12. The molecular weight excluding hydrogens is 230 g/mol. The van der Waals surface area contributed by atoms with E-state index in [-0.39, 0.29) is 6.04 Å². The van der Waals surface area contributed by atoms with E-state index in [0.29, 0.717) is 0 Å². The van der Waals surface area contributed by atoms with E-state index in [4.69, 9.17) is 5.73 Å². The van der Waals surface area contributed by atoms with Gasteiger partial charge in [-0.15, -0.1) is 0 Å². The maximum atomic E-state index is 9.76. The minimum atomic E-state index is -0.586. The van der Waals surface area contributed by atoms with Crippen LogP contribution in [0.1, 0.15) is 17.2 Å². The Morgan fingerprint density at radius 3 is 2.92 bits per heavy atom. The van der Waals surface area contributed by atoms with Crippen LogP contribution < -0.4 is 5.73 Å². The lowest BCUT2D eigenvalue weighted by atomic mass is 9.92. The molecule has 0 aliphatic heterocycles. The van der Waals surface area contributed by atoms with Crippen molar-refractivity contribution in [2.45, 2.75) is 12.1 Å². The van der Waals surface area contributed by atoms with E-state index in [1.54, 1.807) is 0 Å². The molecule has 0 aromatic heterocycles. The third-order valence-corrected chi connectivity index (χ3v) is 2.95. The second kappa shape index (κ2) is 3.25. The first-order chi connectivity index (χ1) is 6.20. The summed E-state index contributed by atoms with van der Waals surface area (Å²) < 4.78 is 0.993. The highest BCUT2D eigenvalue weighted by Gasteiger charge is 2.21. The molecule has 1 aliphatic rings. The third-order valence-electron chi connectivity index (χ3n) is 2.25. The Morgan fingerprint density at radius 1 is 1.38 bits per heavy atom. The van der Waals surface area contributed by atoms with E-state index < -0.39 is 6.10 Å². The smallest absolute Gasteiger partial charge is 0.0982 e. The van der Waals surface area contributed by atoms with Gasteiger partial charge in [0.25, 0.3) is 0 Å². The van der Waals surface area contributed by atoms with Gasteiger partial charge < -0.3 is 10.8 Å². The quantitative estimate of drug-likeness (QED) is 0.726. The second-order valence-electron chi connectivity index (χ2n) is 3.12. The highest BCUT2D eigenvalue weighted by molar-refractivity contribution is 9.10. The number of aliphatic hydroxyl groups excluding tert-OH is 1. The minimum absolute atomic E-state index is 0.290. The summed E-state index contributed by atoms with van der Waals surface area (Å²) in [6, 6.07) is 5.46. The molecule has 0 unspecified atom stereocenters. The topological polar surface area (TPSA) is 46.2 Å². The molecule has 3 N–H and O–H groups in total. The van der Waals surface area contributed by atoms with Crippen LogP contribution in [0.3, 0.4) is 0 Å². The molecule has 3 heteroatoms. The van der Waals surface area contributed by atoms with Crippen LogP contribution in [0.5, 0.6) is 0 Å². The maximum Gasteiger partial charge on any atom is 0.0982 e. The van der Waals surface area contributed by atoms with Crippen molar-refractivity contribution in [3.05, 3.63) is 39.9 Å². The first kappa shape index (κ1) is 8.94. The SMILES string of the molecule is N[C@H]1C=Cc2c(Br)cccc2[C@@H]1O. The van der Waals surface area contributed by atoms with Gasteiger partial charge in [0.1, 0.15) is 0 Å². The highest BCUT2D eigenvalue weighted by atomic mass is 79.9. The van der Waals surface area contributed by atoms with Gasteiger partial charge in [-0.3, -0.25) is 0 Å². The van der Waals surface area contributed by atoms with Crippen LogP contribution in [-0.2, 0) is 0 Å². The summed E-state index contributed by atoms with van der Waals surface area (Å²) in [5.74, 6) is 0. The predicted octanol–water partition coefficient (Wildman–Crippen LogP) is 1.84. The molecule has 0 saturated carbocycles. The molecule has 2 nitrogen and oxygen atoms in total. The van der Waals surface area contributed by atoms with Gasteiger partial charge in [-0.1, -0.05) is 40.2 Å². The Hall–Kier alpha value is -0.640. The zero-order chi connectivity index (χ0) is 9.42. The van der Waals surface area contributed by atoms with Crippen LogP contribution in [0, 0.1) is 0 Å². The van der Waals surface area contributed by atoms with Crippen molar-refractivity contribution in [3.63, 3.8) is 0 Å². The Labute approximate surface area is 85.2 Å². The van der Waals surface area contributed by atoms with Crippen molar-refractivity contribution in [1.29, 1.82) is 0 Å². The third kappa shape index (κ3) is 1.43.